The van der Waals surface area contributed by atoms with Crippen molar-refractivity contribution >= 4 is 38.6 Å². The lowest BCUT2D eigenvalue weighted by atomic mass is 10.3. The van der Waals surface area contributed by atoms with E-state index < -0.39 is 10.0 Å². The van der Waals surface area contributed by atoms with Gasteiger partial charge in [-0.3, -0.25) is 4.72 Å². The third kappa shape index (κ3) is 3.92. The number of hydrogen-bond donors (Lipinski definition) is 1. The van der Waals surface area contributed by atoms with E-state index in [2.05, 4.69) is 14.9 Å². The van der Waals surface area contributed by atoms with Crippen molar-refractivity contribution in [2.75, 3.05) is 18.9 Å². The average molecular weight is 456 g/mol. The second-order valence-corrected chi connectivity index (χ2v) is 9.87. The molecule has 1 aliphatic rings. The summed E-state index contributed by atoms with van der Waals surface area (Å²) in [5.41, 5.74) is 0.209. The minimum Gasteiger partial charge on any atom is -0.495 e. The molecule has 0 bridgehead atoms. The van der Waals surface area contributed by atoms with Crippen molar-refractivity contribution < 1.29 is 22.4 Å². The summed E-state index contributed by atoms with van der Waals surface area (Å²) < 4.78 is 44.3. The molecule has 0 saturated heterocycles. The average Bonchev–Trinajstić information content (AvgIpc) is 3.26. The van der Waals surface area contributed by atoms with Gasteiger partial charge >= 0.3 is 0 Å². The molecule has 0 atom stereocenters. The van der Waals surface area contributed by atoms with Crippen LogP contribution in [-0.4, -0.2) is 32.8 Å². The summed E-state index contributed by atoms with van der Waals surface area (Å²) >= 11 is 7.43. The Bertz CT molecular complexity index is 1170. The number of thiophene rings is 1. The van der Waals surface area contributed by atoms with E-state index in [-0.39, 0.29) is 21.4 Å². The van der Waals surface area contributed by atoms with Gasteiger partial charge in [-0.1, -0.05) is 16.8 Å². The monoisotopic (exact) mass is 455 g/mol. The quantitative estimate of drug-likeness (QED) is 0.561. The number of methoxy groups -OCH3 is 2. The normalized spacial score (nSPS) is 14.1. The molecule has 2 heterocycles. The summed E-state index contributed by atoms with van der Waals surface area (Å²) in [6.45, 7) is 1.73. The Labute approximate surface area is 176 Å². The number of anilines is 1. The molecule has 0 radical (unpaired) electrons. The number of sulfonamides is 1. The summed E-state index contributed by atoms with van der Waals surface area (Å²) in [5.74, 6) is 1.99. The highest BCUT2D eigenvalue weighted by molar-refractivity contribution is 7.93. The van der Waals surface area contributed by atoms with Crippen LogP contribution in [0.3, 0.4) is 0 Å². The number of nitrogens with one attached hydrogen (secondary N) is 1. The number of rotatable bonds is 7. The molecule has 0 spiro atoms. The lowest BCUT2D eigenvalue weighted by molar-refractivity contribution is 0.380. The zero-order valence-corrected chi connectivity index (χ0v) is 18.2. The molecular weight excluding hydrogens is 438 g/mol. The van der Waals surface area contributed by atoms with Crippen LogP contribution in [0.4, 0.5) is 5.69 Å². The molecule has 1 N–H and O–H groups in total. The maximum Gasteiger partial charge on any atom is 0.263 e. The smallest absolute Gasteiger partial charge is 0.263 e. The van der Waals surface area contributed by atoms with E-state index in [0.717, 1.165) is 12.8 Å². The minimum absolute atomic E-state index is 0.129. The summed E-state index contributed by atoms with van der Waals surface area (Å²) in [6.07, 6.45) is 2.09. The Morgan fingerprint density at radius 1 is 1.21 bits per heavy atom. The number of aromatic nitrogens is 2. The van der Waals surface area contributed by atoms with Crippen molar-refractivity contribution in [3.63, 3.8) is 0 Å². The standard InChI is InChI=1S/C18H18ClN3O5S2/c1-9-16(8-15(28-9)17-20-18(27-21-17)10-4-5-10)29(23,24)22-12-6-11(19)13(25-2)7-14(12)26-3/h6-8,10,22H,4-5H2,1-3H3. The lowest BCUT2D eigenvalue weighted by Crippen LogP contribution is -2.14. The molecule has 11 heteroatoms. The van der Waals surface area contributed by atoms with Gasteiger partial charge in [0, 0.05) is 16.9 Å². The third-order valence-corrected chi connectivity index (χ3v) is 7.43. The molecular formula is C18H18ClN3O5S2. The molecule has 1 aliphatic carbocycles. The Balaban J connectivity index is 1.65. The number of hydrogen-bond acceptors (Lipinski definition) is 8. The fraction of sp³-hybridized carbons (Fsp3) is 0.333. The van der Waals surface area contributed by atoms with Crippen molar-refractivity contribution in [3.05, 3.63) is 34.0 Å². The lowest BCUT2D eigenvalue weighted by Gasteiger charge is -2.14. The highest BCUT2D eigenvalue weighted by atomic mass is 35.5. The zero-order chi connectivity index (χ0) is 20.8. The van der Waals surface area contributed by atoms with Crippen LogP contribution in [0.2, 0.25) is 5.02 Å². The molecule has 0 aliphatic heterocycles. The second kappa shape index (κ2) is 7.51. The van der Waals surface area contributed by atoms with Crippen LogP contribution in [0, 0.1) is 6.92 Å². The minimum atomic E-state index is -3.90. The van der Waals surface area contributed by atoms with Gasteiger partial charge < -0.3 is 14.0 Å². The molecule has 154 valence electrons. The number of ether oxygens (including phenoxy) is 2. The molecule has 2 aromatic heterocycles. The summed E-state index contributed by atoms with van der Waals surface area (Å²) in [4.78, 5) is 5.74. The van der Waals surface area contributed by atoms with Gasteiger partial charge in [0.1, 0.15) is 16.4 Å². The summed E-state index contributed by atoms with van der Waals surface area (Å²) in [6, 6.07) is 4.51. The maximum absolute atomic E-state index is 13.0. The van der Waals surface area contributed by atoms with Crippen LogP contribution in [-0.2, 0) is 10.0 Å². The van der Waals surface area contributed by atoms with Gasteiger partial charge in [-0.2, -0.15) is 4.98 Å². The topological polar surface area (TPSA) is 104 Å². The van der Waals surface area contributed by atoms with Crippen LogP contribution < -0.4 is 14.2 Å². The Morgan fingerprint density at radius 2 is 1.93 bits per heavy atom. The molecule has 0 unspecified atom stereocenters. The van der Waals surface area contributed by atoms with Crippen LogP contribution in [0.5, 0.6) is 11.5 Å². The molecule has 3 aromatic rings. The molecule has 1 aromatic carbocycles. The van der Waals surface area contributed by atoms with Gasteiger partial charge in [0.15, 0.2) is 0 Å². The number of nitrogens with zero attached hydrogens (tertiary/aromatic N) is 2. The van der Waals surface area contributed by atoms with Crippen LogP contribution in [0.25, 0.3) is 10.7 Å². The Hall–Kier alpha value is -2.30. The molecule has 0 amide bonds. The van der Waals surface area contributed by atoms with Gasteiger partial charge in [-0.15, -0.1) is 11.3 Å². The third-order valence-electron chi connectivity index (χ3n) is 4.47. The first-order chi connectivity index (χ1) is 13.8. The predicted octanol–water partition coefficient (Wildman–Crippen LogP) is 4.46. The van der Waals surface area contributed by atoms with Gasteiger partial charge in [0.2, 0.25) is 11.7 Å². The van der Waals surface area contributed by atoms with E-state index >= 15 is 0 Å². The highest BCUT2D eigenvalue weighted by Gasteiger charge is 2.30. The highest BCUT2D eigenvalue weighted by Crippen LogP contribution is 2.41. The van der Waals surface area contributed by atoms with Crippen molar-refractivity contribution in [3.8, 4) is 22.2 Å². The number of benzene rings is 1. The van der Waals surface area contributed by atoms with Gasteiger partial charge in [-0.05, 0) is 31.9 Å². The number of halogens is 1. The van der Waals surface area contributed by atoms with E-state index in [1.165, 1.54) is 37.7 Å². The van der Waals surface area contributed by atoms with Crippen molar-refractivity contribution in [1.29, 1.82) is 0 Å². The molecule has 1 fully saturated rings. The van der Waals surface area contributed by atoms with E-state index in [1.54, 1.807) is 13.0 Å². The largest absolute Gasteiger partial charge is 0.495 e. The molecule has 1 saturated carbocycles. The zero-order valence-electron chi connectivity index (χ0n) is 15.9. The summed E-state index contributed by atoms with van der Waals surface area (Å²) in [7, 11) is -1.00. The molecule has 29 heavy (non-hydrogen) atoms. The van der Waals surface area contributed by atoms with Crippen molar-refractivity contribution in [1.82, 2.24) is 10.1 Å². The second-order valence-electron chi connectivity index (χ2n) is 6.55. The fourth-order valence-electron chi connectivity index (χ4n) is 2.81. The maximum atomic E-state index is 13.0. The number of aryl methyl sites for hydroxylation is 1. The first-order valence-corrected chi connectivity index (χ1v) is 11.4. The predicted molar refractivity (Wildman–Crippen MR) is 110 cm³/mol. The SMILES string of the molecule is COc1cc(OC)c(NS(=O)(=O)c2cc(-c3noc(C4CC4)n3)sc2C)cc1Cl. The van der Waals surface area contributed by atoms with E-state index in [4.69, 9.17) is 25.6 Å². The fourth-order valence-corrected chi connectivity index (χ4v) is 5.63. The van der Waals surface area contributed by atoms with Gasteiger partial charge in [-0.25, -0.2) is 8.42 Å². The summed E-state index contributed by atoms with van der Waals surface area (Å²) in [5, 5.41) is 4.24. The van der Waals surface area contributed by atoms with Crippen LogP contribution >= 0.6 is 22.9 Å². The van der Waals surface area contributed by atoms with Crippen LogP contribution in [0.1, 0.15) is 29.5 Å². The first kappa shape index (κ1) is 20.0. The van der Waals surface area contributed by atoms with Crippen molar-refractivity contribution in [2.45, 2.75) is 30.6 Å². The van der Waals surface area contributed by atoms with E-state index in [0.29, 0.717) is 33.1 Å². The molecule has 8 nitrogen and oxygen atoms in total. The van der Waals surface area contributed by atoms with Gasteiger partial charge in [0.25, 0.3) is 10.0 Å². The Kier molecular flexibility index (Phi) is 5.18. The van der Waals surface area contributed by atoms with E-state index in [9.17, 15) is 8.42 Å². The first-order valence-electron chi connectivity index (χ1n) is 8.71. The molecule has 4 rings (SSSR count). The van der Waals surface area contributed by atoms with E-state index in [1.807, 2.05) is 0 Å². The van der Waals surface area contributed by atoms with Crippen LogP contribution in [0.15, 0.2) is 27.6 Å². The Morgan fingerprint density at radius 3 is 2.59 bits per heavy atom. The van der Waals surface area contributed by atoms with Gasteiger partial charge in [0.05, 0.1) is 29.8 Å². The van der Waals surface area contributed by atoms with Crippen molar-refractivity contribution in [2.24, 2.45) is 0 Å².